The van der Waals surface area contributed by atoms with Gasteiger partial charge in [0.15, 0.2) is 6.29 Å². The second-order valence-corrected chi connectivity index (χ2v) is 7.25. The van der Waals surface area contributed by atoms with Gasteiger partial charge in [-0.3, -0.25) is 9.69 Å². The van der Waals surface area contributed by atoms with Crippen molar-refractivity contribution >= 4 is 5.91 Å². The van der Waals surface area contributed by atoms with Crippen molar-refractivity contribution in [2.45, 2.75) is 70.7 Å². The van der Waals surface area contributed by atoms with Crippen molar-refractivity contribution in [3.63, 3.8) is 0 Å². The molecule has 0 radical (unpaired) electrons. The van der Waals surface area contributed by atoms with Crippen LogP contribution in [0.1, 0.15) is 52.4 Å². The number of hydrogen-bond acceptors (Lipinski definition) is 4. The molecule has 3 fully saturated rings. The molecule has 0 aromatic carbocycles. The number of rotatable bonds is 4. The molecule has 2 atom stereocenters. The second kappa shape index (κ2) is 7.95. The highest BCUT2D eigenvalue weighted by Crippen LogP contribution is 2.28. The van der Waals surface area contributed by atoms with E-state index in [-0.39, 0.29) is 12.3 Å². The van der Waals surface area contributed by atoms with Crippen LogP contribution in [0.3, 0.4) is 0 Å². The summed E-state index contributed by atoms with van der Waals surface area (Å²) in [6, 6.07) is 0.463. The zero-order chi connectivity index (χ0) is 16.2. The zero-order valence-electron chi connectivity index (χ0n) is 14.7. The Morgan fingerprint density at radius 1 is 1.09 bits per heavy atom. The Morgan fingerprint density at radius 3 is 2.43 bits per heavy atom. The molecule has 2 unspecified atom stereocenters. The highest BCUT2D eigenvalue weighted by molar-refractivity contribution is 5.82. The lowest BCUT2D eigenvalue weighted by atomic mass is 9.94. The third-order valence-electron chi connectivity index (χ3n) is 5.89. The average Bonchev–Trinajstić information content (AvgIpc) is 3.15. The van der Waals surface area contributed by atoms with E-state index in [0.717, 1.165) is 58.5 Å². The van der Waals surface area contributed by atoms with Crippen molar-refractivity contribution in [1.82, 2.24) is 9.80 Å². The van der Waals surface area contributed by atoms with Crippen LogP contribution in [0.25, 0.3) is 0 Å². The number of likely N-dealkylation sites (tertiary alicyclic amines) is 2. The molecule has 0 saturated carbocycles. The van der Waals surface area contributed by atoms with Gasteiger partial charge in [-0.25, -0.2) is 0 Å². The Balaban J connectivity index is 1.51. The summed E-state index contributed by atoms with van der Waals surface area (Å²) in [5.41, 5.74) is 0. The average molecular weight is 324 g/mol. The van der Waals surface area contributed by atoms with E-state index >= 15 is 0 Å². The first-order chi connectivity index (χ1) is 11.2. The van der Waals surface area contributed by atoms with Gasteiger partial charge in [-0.1, -0.05) is 6.92 Å². The van der Waals surface area contributed by atoms with Gasteiger partial charge in [0.1, 0.15) is 0 Å². The van der Waals surface area contributed by atoms with Crippen LogP contribution in [-0.4, -0.2) is 66.9 Å². The van der Waals surface area contributed by atoms with E-state index < -0.39 is 0 Å². The first kappa shape index (κ1) is 17.2. The van der Waals surface area contributed by atoms with E-state index in [4.69, 9.17) is 9.47 Å². The Bertz CT molecular complexity index is 390. The molecular weight excluding hydrogens is 292 g/mol. The molecule has 3 heterocycles. The van der Waals surface area contributed by atoms with Crippen LogP contribution in [0.2, 0.25) is 0 Å². The van der Waals surface area contributed by atoms with E-state index in [2.05, 4.69) is 23.6 Å². The van der Waals surface area contributed by atoms with Crippen molar-refractivity contribution in [1.29, 1.82) is 0 Å². The molecule has 0 aromatic rings. The normalized spacial score (nSPS) is 29.8. The lowest BCUT2D eigenvalue weighted by Crippen LogP contribution is -2.54. The summed E-state index contributed by atoms with van der Waals surface area (Å²) in [6.45, 7) is 8.65. The first-order valence-corrected chi connectivity index (χ1v) is 9.48. The van der Waals surface area contributed by atoms with Crippen LogP contribution in [0.4, 0.5) is 0 Å². The minimum atomic E-state index is -0.00489. The molecule has 3 saturated heterocycles. The number of nitrogens with zero attached hydrogens (tertiary/aromatic N) is 2. The number of ether oxygens (including phenoxy) is 2. The van der Waals surface area contributed by atoms with Gasteiger partial charge >= 0.3 is 0 Å². The smallest absolute Gasteiger partial charge is 0.239 e. The monoisotopic (exact) mass is 324 g/mol. The van der Waals surface area contributed by atoms with Gasteiger partial charge in [-0.15, -0.1) is 0 Å². The fraction of sp³-hybridized carbons (Fsp3) is 0.944. The quantitative estimate of drug-likeness (QED) is 0.795. The number of piperidine rings is 2. The Kier molecular flexibility index (Phi) is 5.94. The maximum absolute atomic E-state index is 12.9. The predicted octanol–water partition coefficient (Wildman–Crippen LogP) is 2.25. The van der Waals surface area contributed by atoms with Gasteiger partial charge in [0.2, 0.25) is 5.91 Å². The summed E-state index contributed by atoms with van der Waals surface area (Å²) in [7, 11) is 0. The summed E-state index contributed by atoms with van der Waals surface area (Å²) in [6.07, 6.45) is 6.81. The van der Waals surface area contributed by atoms with Gasteiger partial charge in [-0.2, -0.15) is 0 Å². The molecule has 132 valence electrons. The summed E-state index contributed by atoms with van der Waals surface area (Å²) >= 11 is 0. The first-order valence-electron chi connectivity index (χ1n) is 9.48. The standard InChI is InChI=1S/C18H32N2O3/c1-3-16-6-4-5-9-20(16)17(21)14(2)19-10-7-15(8-11-19)18-22-12-13-23-18/h14-16,18H,3-13H2,1-2H3. The molecule has 3 rings (SSSR count). The number of hydrogen-bond donors (Lipinski definition) is 0. The van der Waals surface area contributed by atoms with E-state index in [0.29, 0.717) is 17.9 Å². The van der Waals surface area contributed by atoms with Crippen molar-refractivity contribution in [2.24, 2.45) is 5.92 Å². The topological polar surface area (TPSA) is 42.0 Å². The molecule has 0 spiro atoms. The molecular formula is C18H32N2O3. The molecule has 3 aliphatic heterocycles. The van der Waals surface area contributed by atoms with E-state index in [9.17, 15) is 4.79 Å². The fourth-order valence-corrected chi connectivity index (χ4v) is 4.34. The summed E-state index contributed by atoms with van der Waals surface area (Å²) in [5, 5.41) is 0. The van der Waals surface area contributed by atoms with Crippen molar-refractivity contribution in [3.8, 4) is 0 Å². The highest BCUT2D eigenvalue weighted by Gasteiger charge is 2.35. The fourth-order valence-electron chi connectivity index (χ4n) is 4.34. The Morgan fingerprint density at radius 2 is 1.78 bits per heavy atom. The number of amides is 1. The molecule has 0 aliphatic carbocycles. The lowest BCUT2D eigenvalue weighted by molar-refractivity contribution is -0.142. The molecule has 0 aromatic heterocycles. The third-order valence-corrected chi connectivity index (χ3v) is 5.89. The second-order valence-electron chi connectivity index (χ2n) is 7.25. The maximum atomic E-state index is 12.9. The van der Waals surface area contributed by atoms with Crippen LogP contribution >= 0.6 is 0 Å². The number of carbonyl (C=O) groups excluding carboxylic acids is 1. The molecule has 5 heteroatoms. The van der Waals surface area contributed by atoms with Crippen LogP contribution in [0.5, 0.6) is 0 Å². The largest absolute Gasteiger partial charge is 0.350 e. The van der Waals surface area contributed by atoms with E-state index in [1.165, 1.54) is 12.8 Å². The summed E-state index contributed by atoms with van der Waals surface area (Å²) in [4.78, 5) is 17.5. The van der Waals surface area contributed by atoms with E-state index in [1.54, 1.807) is 0 Å². The molecule has 1 amide bonds. The maximum Gasteiger partial charge on any atom is 0.239 e. The van der Waals surface area contributed by atoms with Gasteiger partial charge in [0.05, 0.1) is 19.3 Å². The summed E-state index contributed by atoms with van der Waals surface area (Å²) in [5.74, 6) is 0.831. The lowest BCUT2D eigenvalue weighted by Gasteiger charge is -2.41. The molecule has 0 N–H and O–H groups in total. The van der Waals surface area contributed by atoms with Crippen LogP contribution in [0.15, 0.2) is 0 Å². The van der Waals surface area contributed by atoms with Crippen LogP contribution in [-0.2, 0) is 14.3 Å². The van der Waals surface area contributed by atoms with Crippen molar-refractivity contribution in [3.05, 3.63) is 0 Å². The SMILES string of the molecule is CCC1CCCCN1C(=O)C(C)N1CCC(C2OCCO2)CC1. The van der Waals surface area contributed by atoms with Crippen molar-refractivity contribution < 1.29 is 14.3 Å². The molecule has 3 aliphatic rings. The van der Waals surface area contributed by atoms with Crippen LogP contribution in [0, 0.1) is 5.92 Å². The molecule has 23 heavy (non-hydrogen) atoms. The third kappa shape index (κ3) is 3.89. The van der Waals surface area contributed by atoms with Crippen LogP contribution < -0.4 is 0 Å². The minimum Gasteiger partial charge on any atom is -0.350 e. The van der Waals surface area contributed by atoms with E-state index in [1.807, 2.05) is 0 Å². The molecule has 5 nitrogen and oxygen atoms in total. The Labute approximate surface area is 140 Å². The molecule has 0 bridgehead atoms. The van der Waals surface area contributed by atoms with Gasteiger partial charge < -0.3 is 14.4 Å². The van der Waals surface area contributed by atoms with Gasteiger partial charge in [0, 0.05) is 18.5 Å². The minimum absolute atomic E-state index is 0.00489. The van der Waals surface area contributed by atoms with Gasteiger partial charge in [-0.05, 0) is 58.5 Å². The predicted molar refractivity (Wildman–Crippen MR) is 89.1 cm³/mol. The summed E-state index contributed by atoms with van der Waals surface area (Å²) < 4.78 is 11.3. The zero-order valence-corrected chi connectivity index (χ0v) is 14.7. The Hall–Kier alpha value is -0.650. The van der Waals surface area contributed by atoms with Crippen molar-refractivity contribution in [2.75, 3.05) is 32.8 Å². The van der Waals surface area contributed by atoms with Gasteiger partial charge in [0.25, 0.3) is 0 Å². The number of carbonyl (C=O) groups is 1. The highest BCUT2D eigenvalue weighted by atomic mass is 16.7.